The number of allylic oxidation sites excluding steroid dienone is 3. The maximum absolute atomic E-state index is 12.2. The maximum Gasteiger partial charge on any atom is 0.338 e. The summed E-state index contributed by atoms with van der Waals surface area (Å²) >= 11 is 0. The molecule has 1 aromatic rings. The van der Waals surface area contributed by atoms with Crippen molar-refractivity contribution in [3.05, 3.63) is 65.8 Å². The van der Waals surface area contributed by atoms with Crippen LogP contribution in [-0.4, -0.2) is 32.1 Å². The van der Waals surface area contributed by atoms with Gasteiger partial charge >= 0.3 is 5.97 Å². The Kier molecular flexibility index (Phi) is 5.58. The van der Waals surface area contributed by atoms with Gasteiger partial charge in [0.1, 0.15) is 5.75 Å². The number of carbonyl (C=O) groups excluding carboxylic acids is 2. The molecule has 0 aromatic heterocycles. The van der Waals surface area contributed by atoms with Crippen molar-refractivity contribution in [2.45, 2.75) is 12.8 Å². The fourth-order valence-corrected chi connectivity index (χ4v) is 2.70. The predicted molar refractivity (Wildman–Crippen MR) is 92.5 cm³/mol. The Balaban J connectivity index is 2.60. The van der Waals surface area contributed by atoms with E-state index in [1.54, 1.807) is 25.1 Å². The van der Waals surface area contributed by atoms with Gasteiger partial charge in [-0.1, -0.05) is 31.4 Å². The Morgan fingerprint density at radius 2 is 2.17 bits per heavy atom. The molecule has 1 N–H and O–H groups in total. The van der Waals surface area contributed by atoms with E-state index in [2.05, 4.69) is 18.5 Å². The zero-order valence-electron chi connectivity index (χ0n) is 13.9. The first-order valence-corrected chi connectivity index (χ1v) is 7.72. The van der Waals surface area contributed by atoms with Crippen LogP contribution in [0.3, 0.4) is 0 Å². The molecule has 0 bridgehead atoms. The van der Waals surface area contributed by atoms with Crippen LogP contribution in [0.25, 0.3) is 0 Å². The quantitative estimate of drug-likeness (QED) is 0.644. The highest BCUT2D eigenvalue weighted by Gasteiger charge is 2.31. The standard InChI is InChI=1S/C19H21NO4/c1-5-8-12(6-2)16-11-24-17-14(16)9-13(19(22)23-7-3)10-15(17)18(21)20-4/h5-6,8-10,16H,1-2,7,11H2,3-4H3,(H,20,21)/b12-8+/t16-/m1/s1. The third-order valence-electron chi connectivity index (χ3n) is 3.82. The van der Waals surface area contributed by atoms with Crippen molar-refractivity contribution < 1.29 is 19.1 Å². The molecule has 0 radical (unpaired) electrons. The summed E-state index contributed by atoms with van der Waals surface area (Å²) in [7, 11) is 1.53. The fraction of sp³-hybridized carbons (Fsp3) is 0.263. The number of ether oxygens (including phenoxy) is 2. The molecule has 0 spiro atoms. The normalized spacial score (nSPS) is 15.9. The lowest BCUT2D eigenvalue weighted by Gasteiger charge is -2.12. The number of carbonyl (C=O) groups is 2. The minimum absolute atomic E-state index is 0.117. The minimum atomic E-state index is -0.469. The first kappa shape index (κ1) is 17.5. The summed E-state index contributed by atoms with van der Waals surface area (Å²) in [6.07, 6.45) is 5.23. The molecule has 1 aliphatic rings. The predicted octanol–water partition coefficient (Wildman–Crippen LogP) is 3.00. The molecule has 2 rings (SSSR count). The Labute approximate surface area is 141 Å². The lowest BCUT2D eigenvalue weighted by atomic mass is 9.90. The third-order valence-corrected chi connectivity index (χ3v) is 3.82. The van der Waals surface area contributed by atoms with Gasteiger partial charge in [0.2, 0.25) is 0 Å². The van der Waals surface area contributed by atoms with Gasteiger partial charge in [0.15, 0.2) is 0 Å². The average Bonchev–Trinajstić information content (AvgIpc) is 3.02. The Bertz CT molecular complexity index is 718. The van der Waals surface area contributed by atoms with Crippen LogP contribution in [0.4, 0.5) is 0 Å². The van der Waals surface area contributed by atoms with Crippen molar-refractivity contribution in [2.24, 2.45) is 0 Å². The average molecular weight is 327 g/mol. The van der Waals surface area contributed by atoms with Crippen molar-refractivity contribution in [3.8, 4) is 5.75 Å². The van der Waals surface area contributed by atoms with Crippen LogP contribution in [0.15, 0.2) is 49.1 Å². The molecule has 126 valence electrons. The van der Waals surface area contributed by atoms with E-state index in [9.17, 15) is 9.59 Å². The van der Waals surface area contributed by atoms with E-state index in [0.717, 1.165) is 11.1 Å². The molecule has 0 saturated carbocycles. The van der Waals surface area contributed by atoms with Gasteiger partial charge < -0.3 is 14.8 Å². The van der Waals surface area contributed by atoms with Crippen molar-refractivity contribution in [1.82, 2.24) is 5.32 Å². The summed E-state index contributed by atoms with van der Waals surface area (Å²) in [5.41, 5.74) is 2.33. The number of rotatable bonds is 6. The van der Waals surface area contributed by atoms with Gasteiger partial charge in [0.25, 0.3) is 5.91 Å². The lowest BCUT2D eigenvalue weighted by Crippen LogP contribution is -2.19. The van der Waals surface area contributed by atoms with Gasteiger partial charge in [-0.3, -0.25) is 4.79 Å². The van der Waals surface area contributed by atoms with Gasteiger partial charge in [0, 0.05) is 18.5 Å². The van der Waals surface area contributed by atoms with E-state index in [-0.39, 0.29) is 18.4 Å². The molecule has 0 fully saturated rings. The summed E-state index contributed by atoms with van der Waals surface area (Å²) in [6.45, 7) is 9.89. The zero-order valence-corrected chi connectivity index (χ0v) is 13.9. The Morgan fingerprint density at radius 3 is 2.75 bits per heavy atom. The molecule has 5 nitrogen and oxygen atoms in total. The van der Waals surface area contributed by atoms with Gasteiger partial charge in [-0.05, 0) is 24.6 Å². The first-order chi connectivity index (χ1) is 11.6. The van der Waals surface area contributed by atoms with Crippen molar-refractivity contribution >= 4 is 11.9 Å². The monoisotopic (exact) mass is 327 g/mol. The summed E-state index contributed by atoms with van der Waals surface area (Å²) in [6, 6.07) is 3.22. The molecule has 1 aliphatic heterocycles. The van der Waals surface area contributed by atoms with Crippen LogP contribution in [0.1, 0.15) is 39.1 Å². The molecule has 1 atom stereocenters. The Hall–Kier alpha value is -2.82. The smallest absolute Gasteiger partial charge is 0.338 e. The SMILES string of the molecule is C=C/C=C(\C=C)[C@H]1COc2c(C(=O)NC)cc(C(=O)OCC)cc21. The van der Waals surface area contributed by atoms with Crippen molar-refractivity contribution in [2.75, 3.05) is 20.3 Å². The molecular formula is C19H21NO4. The van der Waals surface area contributed by atoms with Gasteiger partial charge in [-0.15, -0.1) is 0 Å². The number of nitrogens with one attached hydrogen (secondary N) is 1. The van der Waals surface area contributed by atoms with E-state index >= 15 is 0 Å². The summed E-state index contributed by atoms with van der Waals surface area (Å²) in [4.78, 5) is 24.3. The van der Waals surface area contributed by atoms with Gasteiger partial charge in [0.05, 0.1) is 24.3 Å². The number of benzene rings is 1. The third kappa shape index (κ3) is 3.25. The van der Waals surface area contributed by atoms with Crippen LogP contribution in [-0.2, 0) is 4.74 Å². The lowest BCUT2D eigenvalue weighted by molar-refractivity contribution is 0.0526. The first-order valence-electron chi connectivity index (χ1n) is 7.72. The summed E-state index contributed by atoms with van der Waals surface area (Å²) < 4.78 is 10.8. The number of amides is 1. The number of hydrogen-bond acceptors (Lipinski definition) is 4. The van der Waals surface area contributed by atoms with Crippen LogP contribution < -0.4 is 10.1 Å². The largest absolute Gasteiger partial charge is 0.491 e. The molecule has 0 aliphatic carbocycles. The van der Waals surface area contributed by atoms with Gasteiger partial charge in [-0.2, -0.15) is 0 Å². The highest BCUT2D eigenvalue weighted by atomic mass is 16.5. The second kappa shape index (κ2) is 7.64. The maximum atomic E-state index is 12.2. The van der Waals surface area contributed by atoms with E-state index in [1.807, 2.05) is 6.08 Å². The molecule has 1 aromatic carbocycles. The molecule has 1 heterocycles. The second-order valence-corrected chi connectivity index (χ2v) is 5.21. The number of esters is 1. The minimum Gasteiger partial charge on any atom is -0.491 e. The van der Waals surface area contributed by atoms with E-state index in [4.69, 9.17) is 9.47 Å². The van der Waals surface area contributed by atoms with E-state index in [1.165, 1.54) is 13.1 Å². The van der Waals surface area contributed by atoms with Crippen LogP contribution in [0.2, 0.25) is 0 Å². The highest BCUT2D eigenvalue weighted by molar-refractivity contribution is 6.01. The molecule has 0 saturated heterocycles. The number of fused-ring (bicyclic) bond motifs is 1. The zero-order chi connectivity index (χ0) is 17.7. The van der Waals surface area contributed by atoms with Gasteiger partial charge in [-0.25, -0.2) is 4.79 Å². The molecule has 5 heteroatoms. The topological polar surface area (TPSA) is 64.6 Å². The highest BCUT2D eigenvalue weighted by Crippen LogP contribution is 2.41. The number of hydrogen-bond donors (Lipinski definition) is 1. The molecule has 1 amide bonds. The van der Waals surface area contributed by atoms with Crippen molar-refractivity contribution in [1.29, 1.82) is 0 Å². The van der Waals surface area contributed by atoms with Crippen molar-refractivity contribution in [3.63, 3.8) is 0 Å². The summed E-state index contributed by atoms with van der Waals surface area (Å²) in [5, 5.41) is 2.57. The summed E-state index contributed by atoms with van der Waals surface area (Å²) in [5.74, 6) is -0.410. The molecule has 24 heavy (non-hydrogen) atoms. The molecule has 0 unspecified atom stereocenters. The van der Waals surface area contributed by atoms with Crippen LogP contribution in [0, 0.1) is 0 Å². The van der Waals surface area contributed by atoms with Crippen LogP contribution >= 0.6 is 0 Å². The fourth-order valence-electron chi connectivity index (χ4n) is 2.70. The molecular weight excluding hydrogens is 306 g/mol. The Morgan fingerprint density at radius 1 is 1.42 bits per heavy atom. The van der Waals surface area contributed by atoms with Crippen LogP contribution in [0.5, 0.6) is 5.75 Å². The van der Waals surface area contributed by atoms with E-state index < -0.39 is 5.97 Å². The van der Waals surface area contributed by atoms with E-state index in [0.29, 0.717) is 23.5 Å². The second-order valence-electron chi connectivity index (χ2n) is 5.21.